The van der Waals surface area contributed by atoms with Gasteiger partial charge in [-0.15, -0.1) is 0 Å². The first-order valence-electron chi connectivity index (χ1n) is 5.36. The molecular formula is C12H17FN2O. The summed E-state index contributed by atoms with van der Waals surface area (Å²) in [5.41, 5.74) is 0.705. The molecule has 0 aliphatic carbocycles. The van der Waals surface area contributed by atoms with Crippen LogP contribution in [-0.4, -0.2) is 18.0 Å². The van der Waals surface area contributed by atoms with Crippen LogP contribution in [0.15, 0.2) is 24.3 Å². The van der Waals surface area contributed by atoms with Gasteiger partial charge in [-0.1, -0.05) is 18.2 Å². The van der Waals surface area contributed by atoms with Gasteiger partial charge in [-0.3, -0.25) is 9.80 Å². The minimum atomic E-state index is -0.176. The molecule has 0 saturated heterocycles. The maximum atomic E-state index is 13.2. The lowest BCUT2D eigenvalue weighted by Gasteiger charge is -2.09. The van der Waals surface area contributed by atoms with Crippen LogP contribution in [0.1, 0.15) is 24.8 Å². The molecule has 0 bridgehead atoms. The number of hydrogen-bond donors (Lipinski definition) is 1. The third-order valence-electron chi connectivity index (χ3n) is 2.44. The molecule has 0 aromatic heterocycles. The predicted octanol–water partition coefficient (Wildman–Crippen LogP) is 1.87. The van der Waals surface area contributed by atoms with Crippen LogP contribution < -0.4 is 5.84 Å². The number of carbonyl (C=O) groups excluding carboxylic acids is 1. The van der Waals surface area contributed by atoms with Gasteiger partial charge in [0.25, 0.3) is 0 Å². The topological polar surface area (TPSA) is 46.3 Å². The Hall–Kier alpha value is -1.42. The lowest BCUT2D eigenvalue weighted by molar-refractivity contribution is -0.130. The number of unbranched alkanes of at least 4 members (excludes halogenated alkanes) is 1. The second-order valence-corrected chi connectivity index (χ2v) is 3.80. The van der Waals surface area contributed by atoms with Crippen LogP contribution in [-0.2, 0) is 11.2 Å². The fraction of sp³-hybridized carbons (Fsp3) is 0.417. The van der Waals surface area contributed by atoms with Crippen molar-refractivity contribution in [2.24, 2.45) is 5.84 Å². The van der Waals surface area contributed by atoms with Crippen LogP contribution in [0.4, 0.5) is 4.39 Å². The second-order valence-electron chi connectivity index (χ2n) is 3.80. The number of hydrazine groups is 1. The fourth-order valence-electron chi connectivity index (χ4n) is 1.47. The lowest BCUT2D eigenvalue weighted by Crippen LogP contribution is -2.32. The van der Waals surface area contributed by atoms with Gasteiger partial charge in [-0.25, -0.2) is 10.2 Å². The van der Waals surface area contributed by atoms with Crippen molar-refractivity contribution in [1.82, 2.24) is 5.01 Å². The number of nitrogens with two attached hydrogens (primary N) is 1. The summed E-state index contributed by atoms with van der Waals surface area (Å²) in [5, 5.41) is 1.09. The van der Waals surface area contributed by atoms with Gasteiger partial charge in [0.2, 0.25) is 5.91 Å². The standard InChI is InChI=1S/C12H17FN2O/c1-15(14)12(16)9-5-3-7-10-6-2-4-8-11(10)13/h2,4,6,8H,3,5,7,9,14H2,1H3. The van der Waals surface area contributed by atoms with Crippen molar-refractivity contribution in [3.63, 3.8) is 0 Å². The van der Waals surface area contributed by atoms with E-state index in [2.05, 4.69) is 0 Å². The van der Waals surface area contributed by atoms with E-state index in [4.69, 9.17) is 5.84 Å². The maximum Gasteiger partial charge on any atom is 0.236 e. The molecule has 0 unspecified atom stereocenters. The first kappa shape index (κ1) is 12.6. The number of aryl methyl sites for hydroxylation is 1. The van der Waals surface area contributed by atoms with Crippen LogP contribution in [0, 0.1) is 5.82 Å². The second kappa shape index (κ2) is 6.23. The molecular weight excluding hydrogens is 207 g/mol. The molecule has 1 amide bonds. The number of halogens is 1. The Balaban J connectivity index is 2.26. The highest BCUT2D eigenvalue weighted by molar-refractivity contribution is 5.75. The summed E-state index contributed by atoms with van der Waals surface area (Å²) in [6.45, 7) is 0. The normalized spacial score (nSPS) is 10.2. The van der Waals surface area contributed by atoms with Gasteiger partial charge >= 0.3 is 0 Å². The molecule has 0 saturated carbocycles. The molecule has 2 N–H and O–H groups in total. The van der Waals surface area contributed by atoms with Gasteiger partial charge in [-0.05, 0) is 30.9 Å². The minimum Gasteiger partial charge on any atom is -0.284 e. The molecule has 1 aromatic carbocycles. The van der Waals surface area contributed by atoms with E-state index in [9.17, 15) is 9.18 Å². The molecule has 1 rings (SSSR count). The van der Waals surface area contributed by atoms with Crippen LogP contribution in [0.25, 0.3) is 0 Å². The van der Waals surface area contributed by atoms with Crippen LogP contribution in [0.2, 0.25) is 0 Å². The largest absolute Gasteiger partial charge is 0.284 e. The Morgan fingerprint density at radius 3 is 2.69 bits per heavy atom. The van der Waals surface area contributed by atoms with Crippen molar-refractivity contribution in [1.29, 1.82) is 0 Å². The summed E-state index contributed by atoms with van der Waals surface area (Å²) >= 11 is 0. The highest BCUT2D eigenvalue weighted by Crippen LogP contribution is 2.11. The number of amides is 1. The SMILES string of the molecule is CN(N)C(=O)CCCCc1ccccc1F. The van der Waals surface area contributed by atoms with Gasteiger partial charge in [0.1, 0.15) is 5.82 Å². The zero-order valence-corrected chi connectivity index (χ0v) is 9.45. The van der Waals surface area contributed by atoms with Gasteiger partial charge in [-0.2, -0.15) is 0 Å². The smallest absolute Gasteiger partial charge is 0.236 e. The van der Waals surface area contributed by atoms with E-state index >= 15 is 0 Å². The summed E-state index contributed by atoms with van der Waals surface area (Å²) in [6.07, 6.45) is 2.60. The highest BCUT2D eigenvalue weighted by atomic mass is 19.1. The molecule has 16 heavy (non-hydrogen) atoms. The highest BCUT2D eigenvalue weighted by Gasteiger charge is 2.04. The molecule has 0 aliphatic heterocycles. The third kappa shape index (κ3) is 3.98. The number of hydrogen-bond acceptors (Lipinski definition) is 2. The van der Waals surface area contributed by atoms with Gasteiger partial charge < -0.3 is 0 Å². The minimum absolute atomic E-state index is 0.0893. The van der Waals surface area contributed by atoms with Crippen molar-refractivity contribution < 1.29 is 9.18 Å². The summed E-state index contributed by atoms with van der Waals surface area (Å²) in [4.78, 5) is 11.1. The van der Waals surface area contributed by atoms with E-state index in [1.165, 1.54) is 13.1 Å². The van der Waals surface area contributed by atoms with E-state index in [0.29, 0.717) is 18.4 Å². The third-order valence-corrected chi connectivity index (χ3v) is 2.44. The van der Waals surface area contributed by atoms with Crippen molar-refractivity contribution in [2.45, 2.75) is 25.7 Å². The van der Waals surface area contributed by atoms with Crippen molar-refractivity contribution >= 4 is 5.91 Å². The van der Waals surface area contributed by atoms with Gasteiger partial charge in [0.05, 0.1) is 0 Å². The van der Waals surface area contributed by atoms with E-state index in [-0.39, 0.29) is 11.7 Å². The van der Waals surface area contributed by atoms with Gasteiger partial charge in [0.15, 0.2) is 0 Å². The molecule has 0 heterocycles. The average Bonchev–Trinajstić information content (AvgIpc) is 2.26. The van der Waals surface area contributed by atoms with Crippen LogP contribution >= 0.6 is 0 Å². The summed E-state index contributed by atoms with van der Waals surface area (Å²) in [5.74, 6) is 5.01. The van der Waals surface area contributed by atoms with Gasteiger partial charge in [0, 0.05) is 13.5 Å². The predicted molar refractivity (Wildman–Crippen MR) is 60.9 cm³/mol. The number of benzene rings is 1. The first-order valence-corrected chi connectivity index (χ1v) is 5.36. The fourth-order valence-corrected chi connectivity index (χ4v) is 1.47. The molecule has 88 valence electrons. The molecule has 0 spiro atoms. The summed E-state index contributed by atoms with van der Waals surface area (Å²) in [6, 6.07) is 6.71. The molecule has 4 heteroatoms. The Bertz CT molecular complexity index is 353. The van der Waals surface area contributed by atoms with E-state index in [1.807, 2.05) is 6.07 Å². The number of rotatable bonds is 5. The Morgan fingerprint density at radius 2 is 2.06 bits per heavy atom. The Labute approximate surface area is 95.0 Å². The van der Waals surface area contributed by atoms with Crippen LogP contribution in [0.5, 0.6) is 0 Å². The monoisotopic (exact) mass is 224 g/mol. The quantitative estimate of drug-likeness (QED) is 0.359. The van der Waals surface area contributed by atoms with E-state index in [0.717, 1.165) is 17.9 Å². The molecule has 1 aromatic rings. The van der Waals surface area contributed by atoms with Crippen molar-refractivity contribution in [2.75, 3.05) is 7.05 Å². The lowest BCUT2D eigenvalue weighted by atomic mass is 10.1. The molecule has 0 radical (unpaired) electrons. The zero-order valence-electron chi connectivity index (χ0n) is 9.45. The Morgan fingerprint density at radius 1 is 1.38 bits per heavy atom. The summed E-state index contributed by atoms with van der Waals surface area (Å²) in [7, 11) is 1.53. The average molecular weight is 224 g/mol. The van der Waals surface area contributed by atoms with Crippen molar-refractivity contribution in [3.05, 3.63) is 35.6 Å². The van der Waals surface area contributed by atoms with Crippen molar-refractivity contribution in [3.8, 4) is 0 Å². The van der Waals surface area contributed by atoms with E-state index < -0.39 is 0 Å². The zero-order chi connectivity index (χ0) is 12.0. The molecule has 0 fully saturated rings. The number of nitrogens with zero attached hydrogens (tertiary/aromatic N) is 1. The summed E-state index contributed by atoms with van der Waals surface area (Å²) < 4.78 is 13.2. The first-order chi connectivity index (χ1) is 7.61. The number of carbonyl (C=O) groups is 1. The van der Waals surface area contributed by atoms with E-state index in [1.54, 1.807) is 12.1 Å². The molecule has 0 atom stereocenters. The molecule has 3 nitrogen and oxygen atoms in total. The van der Waals surface area contributed by atoms with Crippen LogP contribution in [0.3, 0.4) is 0 Å². The molecule has 0 aliphatic rings. The Kier molecular flexibility index (Phi) is 4.92. The maximum absolute atomic E-state index is 13.2.